The number of hydrogen-bond acceptors (Lipinski definition) is 2. The maximum atomic E-state index is 10.7. The van der Waals surface area contributed by atoms with Gasteiger partial charge in [0.15, 0.2) is 0 Å². The van der Waals surface area contributed by atoms with Crippen LogP contribution in [-0.4, -0.2) is 13.4 Å². The van der Waals surface area contributed by atoms with Crippen molar-refractivity contribution in [2.24, 2.45) is 0 Å². The van der Waals surface area contributed by atoms with Gasteiger partial charge in [0, 0.05) is 0 Å². The number of carbonyl (C=O) groups is 1. The van der Waals surface area contributed by atoms with E-state index in [4.69, 9.17) is 4.74 Å². The normalized spacial score (nSPS) is 11.3. The molecule has 0 saturated heterocycles. The van der Waals surface area contributed by atoms with Gasteiger partial charge in [-0.15, -0.1) is 0 Å². The van der Waals surface area contributed by atoms with Crippen molar-refractivity contribution in [2.75, 3.05) is 7.11 Å². The molecule has 18 heavy (non-hydrogen) atoms. The highest BCUT2D eigenvalue weighted by Crippen LogP contribution is 2.23. The summed E-state index contributed by atoms with van der Waals surface area (Å²) < 4.78 is 5.13. The summed E-state index contributed by atoms with van der Waals surface area (Å²) in [4.78, 5) is 10.7. The first kappa shape index (κ1) is 14.5. The van der Waals surface area contributed by atoms with Crippen molar-refractivity contribution in [1.82, 2.24) is 0 Å². The Morgan fingerprint density at radius 2 is 1.89 bits per heavy atom. The molecule has 0 N–H and O–H groups in total. The van der Waals surface area contributed by atoms with Crippen LogP contribution in [0.3, 0.4) is 0 Å². The second kappa shape index (κ2) is 8.51. The second-order valence-corrected chi connectivity index (χ2v) is 4.37. The van der Waals surface area contributed by atoms with Crippen LogP contribution >= 0.6 is 0 Å². The maximum Gasteiger partial charge on any atom is 0.143 e. The van der Waals surface area contributed by atoms with Crippen molar-refractivity contribution < 1.29 is 9.53 Å². The summed E-state index contributed by atoms with van der Waals surface area (Å²) >= 11 is 0. The van der Waals surface area contributed by atoms with Gasteiger partial charge in [0.2, 0.25) is 0 Å². The van der Waals surface area contributed by atoms with E-state index in [0.29, 0.717) is 0 Å². The van der Waals surface area contributed by atoms with Crippen LogP contribution in [0.25, 0.3) is 5.57 Å². The quantitative estimate of drug-likeness (QED) is 0.389. The van der Waals surface area contributed by atoms with E-state index in [0.717, 1.165) is 36.0 Å². The van der Waals surface area contributed by atoms with Crippen LogP contribution in [-0.2, 0) is 4.79 Å². The fraction of sp³-hybridized carbons (Fsp3) is 0.438. The fourth-order valence-electron chi connectivity index (χ4n) is 1.95. The van der Waals surface area contributed by atoms with Crippen molar-refractivity contribution in [1.29, 1.82) is 0 Å². The Bertz CT molecular complexity index is 377. The molecule has 0 bridgehead atoms. The third-order valence-corrected chi connectivity index (χ3v) is 3.03. The Kier molecular flexibility index (Phi) is 6.85. The number of methoxy groups -OCH3 is 1. The number of benzene rings is 1. The van der Waals surface area contributed by atoms with E-state index < -0.39 is 0 Å². The second-order valence-electron chi connectivity index (χ2n) is 4.37. The summed E-state index contributed by atoms with van der Waals surface area (Å²) in [7, 11) is 1.65. The molecule has 0 unspecified atom stereocenters. The standard InChI is InChI=1S/C16H22O2/c1-3-4-5-6-7-14(12-13-17)15-8-10-16(18-2)11-9-15/h8-13H,3-7H2,1-2H3/b14-12-. The summed E-state index contributed by atoms with van der Waals surface area (Å²) in [5.74, 6) is 0.843. The van der Waals surface area contributed by atoms with Crippen LogP contribution in [0.15, 0.2) is 30.3 Å². The van der Waals surface area contributed by atoms with Gasteiger partial charge in [0.05, 0.1) is 7.11 Å². The summed E-state index contributed by atoms with van der Waals surface area (Å²) in [6.45, 7) is 2.20. The molecule has 0 radical (unpaired) electrons. The zero-order valence-electron chi connectivity index (χ0n) is 11.3. The van der Waals surface area contributed by atoms with Crippen molar-refractivity contribution in [3.05, 3.63) is 35.9 Å². The highest BCUT2D eigenvalue weighted by molar-refractivity contribution is 5.81. The molecule has 0 saturated carbocycles. The number of hydrogen-bond donors (Lipinski definition) is 0. The molecule has 1 aromatic carbocycles. The lowest BCUT2D eigenvalue weighted by Gasteiger charge is -2.08. The molecule has 0 amide bonds. The smallest absolute Gasteiger partial charge is 0.143 e. The van der Waals surface area contributed by atoms with Crippen molar-refractivity contribution in [2.45, 2.75) is 39.0 Å². The summed E-state index contributed by atoms with van der Waals surface area (Å²) in [6, 6.07) is 7.88. The van der Waals surface area contributed by atoms with Gasteiger partial charge in [-0.2, -0.15) is 0 Å². The van der Waals surface area contributed by atoms with E-state index in [-0.39, 0.29) is 0 Å². The minimum absolute atomic E-state index is 0.843. The number of carbonyl (C=O) groups excluding carboxylic acids is 1. The highest BCUT2D eigenvalue weighted by Gasteiger charge is 2.02. The van der Waals surface area contributed by atoms with Crippen LogP contribution in [0, 0.1) is 0 Å². The van der Waals surface area contributed by atoms with E-state index >= 15 is 0 Å². The summed E-state index contributed by atoms with van der Waals surface area (Å²) in [5.41, 5.74) is 2.23. The van der Waals surface area contributed by atoms with Gasteiger partial charge in [-0.1, -0.05) is 38.3 Å². The van der Waals surface area contributed by atoms with E-state index in [9.17, 15) is 4.79 Å². The Morgan fingerprint density at radius 1 is 1.17 bits per heavy atom. The Labute approximate surface area is 110 Å². The van der Waals surface area contributed by atoms with E-state index in [1.165, 1.54) is 19.3 Å². The van der Waals surface area contributed by atoms with Gasteiger partial charge in [0.25, 0.3) is 0 Å². The van der Waals surface area contributed by atoms with Gasteiger partial charge < -0.3 is 4.74 Å². The number of allylic oxidation sites excluding steroid dienone is 2. The molecule has 0 aromatic heterocycles. The third kappa shape index (κ3) is 4.74. The molecule has 1 aromatic rings. The fourth-order valence-corrected chi connectivity index (χ4v) is 1.95. The van der Waals surface area contributed by atoms with Gasteiger partial charge in [-0.25, -0.2) is 0 Å². The van der Waals surface area contributed by atoms with E-state index in [2.05, 4.69) is 6.92 Å². The maximum absolute atomic E-state index is 10.7. The number of ether oxygens (including phenoxy) is 1. The predicted octanol–water partition coefficient (Wildman–Crippen LogP) is 4.25. The lowest BCUT2D eigenvalue weighted by molar-refractivity contribution is -0.104. The molecule has 0 atom stereocenters. The first-order chi connectivity index (χ1) is 8.81. The van der Waals surface area contributed by atoms with Crippen LogP contribution in [0.2, 0.25) is 0 Å². The molecule has 1 rings (SSSR count). The van der Waals surface area contributed by atoms with Gasteiger partial charge in [0.1, 0.15) is 12.0 Å². The van der Waals surface area contributed by atoms with Gasteiger partial charge in [-0.05, 0) is 42.2 Å². The largest absolute Gasteiger partial charge is 0.497 e. The minimum atomic E-state index is 0.843. The predicted molar refractivity (Wildman–Crippen MR) is 75.8 cm³/mol. The van der Waals surface area contributed by atoms with Crippen LogP contribution in [0.1, 0.15) is 44.6 Å². The zero-order valence-corrected chi connectivity index (χ0v) is 11.3. The number of rotatable bonds is 8. The molecule has 2 heteroatoms. The zero-order chi connectivity index (χ0) is 13.2. The van der Waals surface area contributed by atoms with E-state index in [1.807, 2.05) is 24.3 Å². The molecule has 0 heterocycles. The average molecular weight is 246 g/mol. The molecule has 98 valence electrons. The third-order valence-electron chi connectivity index (χ3n) is 3.03. The molecule has 0 fully saturated rings. The van der Waals surface area contributed by atoms with Gasteiger partial charge >= 0.3 is 0 Å². The Balaban J connectivity index is 2.65. The lowest BCUT2D eigenvalue weighted by atomic mass is 9.99. The molecule has 0 spiro atoms. The first-order valence-corrected chi connectivity index (χ1v) is 6.60. The highest BCUT2D eigenvalue weighted by atomic mass is 16.5. The number of aldehydes is 1. The molecular weight excluding hydrogens is 224 g/mol. The van der Waals surface area contributed by atoms with Crippen LogP contribution < -0.4 is 4.74 Å². The van der Waals surface area contributed by atoms with E-state index in [1.54, 1.807) is 13.2 Å². The van der Waals surface area contributed by atoms with Crippen LogP contribution in [0.5, 0.6) is 5.75 Å². The van der Waals surface area contributed by atoms with Crippen molar-refractivity contribution in [3.63, 3.8) is 0 Å². The summed E-state index contributed by atoms with van der Waals surface area (Å²) in [5, 5.41) is 0. The first-order valence-electron chi connectivity index (χ1n) is 6.60. The topological polar surface area (TPSA) is 26.3 Å². The lowest BCUT2D eigenvalue weighted by Crippen LogP contribution is -1.88. The van der Waals surface area contributed by atoms with Crippen LogP contribution in [0.4, 0.5) is 0 Å². The SMILES string of the molecule is CCCCCC/C(=C/C=O)c1ccc(OC)cc1. The monoisotopic (exact) mass is 246 g/mol. The number of unbranched alkanes of at least 4 members (excludes halogenated alkanes) is 3. The molecule has 0 aliphatic rings. The molecule has 0 aliphatic carbocycles. The van der Waals surface area contributed by atoms with Crippen molar-refractivity contribution in [3.8, 4) is 5.75 Å². The molecule has 2 nitrogen and oxygen atoms in total. The van der Waals surface area contributed by atoms with Gasteiger partial charge in [-0.3, -0.25) is 4.79 Å². The molecular formula is C16H22O2. The summed E-state index contributed by atoms with van der Waals surface area (Å²) in [6.07, 6.45) is 8.37. The Hall–Kier alpha value is -1.57. The van der Waals surface area contributed by atoms with Crippen molar-refractivity contribution >= 4 is 11.9 Å². The molecule has 0 aliphatic heterocycles. The Morgan fingerprint density at radius 3 is 2.44 bits per heavy atom. The average Bonchev–Trinajstić information content (AvgIpc) is 2.42. The minimum Gasteiger partial charge on any atom is -0.497 e.